The Bertz CT molecular complexity index is 112. The van der Waals surface area contributed by atoms with Crippen molar-refractivity contribution in [2.45, 2.75) is 6.42 Å². The second-order valence-corrected chi connectivity index (χ2v) is 1.92. The van der Waals surface area contributed by atoms with Crippen molar-refractivity contribution in [3.05, 3.63) is 12.7 Å². The largest absolute Gasteiger partial charge is 0.462 e. The molecule has 0 aromatic heterocycles. The van der Waals surface area contributed by atoms with E-state index < -0.39 is 0 Å². The molecule has 0 radical (unpaired) electrons. The molecule has 10 heavy (non-hydrogen) atoms. The lowest BCUT2D eigenvalue weighted by Crippen LogP contribution is -2.79. The molecule has 0 bridgehead atoms. The number of rotatable bonds is 5. The predicted molar refractivity (Wildman–Crippen MR) is 38.5 cm³/mol. The Morgan fingerprint density at radius 3 is 3.00 bits per heavy atom. The highest BCUT2D eigenvalue weighted by Crippen LogP contribution is 1.80. The van der Waals surface area contributed by atoms with Gasteiger partial charge in [-0.1, -0.05) is 6.58 Å². The van der Waals surface area contributed by atoms with Gasteiger partial charge in [0.1, 0.15) is 0 Å². The van der Waals surface area contributed by atoms with Crippen LogP contribution in [0.15, 0.2) is 12.7 Å². The molecule has 0 aliphatic carbocycles. The van der Waals surface area contributed by atoms with Gasteiger partial charge in [0.2, 0.25) is 0 Å². The van der Waals surface area contributed by atoms with Crippen molar-refractivity contribution in [1.82, 2.24) is 0 Å². The zero-order valence-corrected chi connectivity index (χ0v) is 6.30. The second-order valence-electron chi connectivity index (χ2n) is 1.92. The summed E-state index contributed by atoms with van der Waals surface area (Å²) in [4.78, 5) is 10.4. The third-order valence-electron chi connectivity index (χ3n) is 1.05. The summed E-state index contributed by atoms with van der Waals surface area (Å²) in [5.74, 6) is -0.337. The van der Waals surface area contributed by atoms with Crippen molar-refractivity contribution < 1.29 is 14.8 Å². The van der Waals surface area contributed by atoms with Gasteiger partial charge in [0.25, 0.3) is 0 Å². The van der Waals surface area contributed by atoms with E-state index in [9.17, 15) is 4.79 Å². The first-order chi connectivity index (χ1) is 4.81. The van der Waals surface area contributed by atoms with E-state index in [1.165, 1.54) is 6.08 Å². The summed E-state index contributed by atoms with van der Waals surface area (Å²) < 4.78 is 4.72. The van der Waals surface area contributed by atoms with Crippen molar-refractivity contribution in [2.75, 3.05) is 20.2 Å². The molecule has 0 aromatic rings. The summed E-state index contributed by atoms with van der Waals surface area (Å²) in [5.41, 5.74) is 0. The maximum absolute atomic E-state index is 10.4. The SMILES string of the molecule is C=CC(=O)OCCC[NH2+]C. The van der Waals surface area contributed by atoms with Gasteiger partial charge in [-0.2, -0.15) is 0 Å². The number of ether oxygens (including phenoxy) is 1. The average molecular weight is 144 g/mol. The summed E-state index contributed by atoms with van der Waals surface area (Å²) >= 11 is 0. The number of esters is 1. The van der Waals surface area contributed by atoms with Crippen LogP contribution >= 0.6 is 0 Å². The predicted octanol–water partition coefficient (Wildman–Crippen LogP) is -0.701. The van der Waals surface area contributed by atoms with Crippen LogP contribution in [0.3, 0.4) is 0 Å². The van der Waals surface area contributed by atoms with Gasteiger partial charge in [-0.15, -0.1) is 0 Å². The second kappa shape index (κ2) is 6.29. The standard InChI is InChI=1S/C7H13NO2/c1-3-7(9)10-6-4-5-8-2/h3,8H,1,4-6H2,2H3/p+1. The molecule has 0 spiro atoms. The molecular formula is C7H14NO2+. The van der Waals surface area contributed by atoms with E-state index in [1.54, 1.807) is 0 Å². The third kappa shape index (κ3) is 5.31. The topological polar surface area (TPSA) is 42.9 Å². The summed E-state index contributed by atoms with van der Waals surface area (Å²) in [7, 11) is 1.98. The minimum Gasteiger partial charge on any atom is -0.462 e. The molecule has 0 saturated carbocycles. The molecule has 0 saturated heterocycles. The highest BCUT2D eigenvalue weighted by molar-refractivity contribution is 5.81. The molecule has 2 N–H and O–H groups in total. The Morgan fingerprint density at radius 1 is 1.80 bits per heavy atom. The fourth-order valence-electron chi connectivity index (χ4n) is 0.519. The number of hydrogen-bond acceptors (Lipinski definition) is 2. The third-order valence-corrected chi connectivity index (χ3v) is 1.05. The first-order valence-electron chi connectivity index (χ1n) is 3.38. The summed E-state index contributed by atoms with van der Waals surface area (Å²) in [5, 5.41) is 2.04. The van der Waals surface area contributed by atoms with Crippen molar-refractivity contribution in [1.29, 1.82) is 0 Å². The van der Waals surface area contributed by atoms with Crippen LogP contribution in [0.1, 0.15) is 6.42 Å². The quantitative estimate of drug-likeness (QED) is 0.315. The van der Waals surface area contributed by atoms with Gasteiger partial charge in [-0.3, -0.25) is 0 Å². The Morgan fingerprint density at radius 2 is 2.50 bits per heavy atom. The van der Waals surface area contributed by atoms with Gasteiger partial charge in [0.15, 0.2) is 0 Å². The van der Waals surface area contributed by atoms with Crippen molar-refractivity contribution in [3.63, 3.8) is 0 Å². The highest BCUT2D eigenvalue weighted by Gasteiger charge is 1.93. The molecule has 0 aliphatic heterocycles. The molecule has 0 heterocycles. The minimum absolute atomic E-state index is 0.337. The van der Waals surface area contributed by atoms with Crippen LogP contribution in [-0.4, -0.2) is 26.2 Å². The normalized spacial score (nSPS) is 8.90. The van der Waals surface area contributed by atoms with Crippen molar-refractivity contribution >= 4 is 5.97 Å². The lowest BCUT2D eigenvalue weighted by atomic mass is 10.4. The maximum Gasteiger partial charge on any atom is 0.330 e. The van der Waals surface area contributed by atoms with Crippen LogP contribution in [0.4, 0.5) is 0 Å². The van der Waals surface area contributed by atoms with E-state index in [4.69, 9.17) is 4.74 Å². The molecule has 3 heteroatoms. The average Bonchev–Trinajstić information content (AvgIpc) is 1.98. The first-order valence-corrected chi connectivity index (χ1v) is 3.38. The van der Waals surface area contributed by atoms with Gasteiger partial charge in [-0.05, 0) is 0 Å². The molecule has 0 aromatic carbocycles. The molecule has 0 atom stereocenters. The van der Waals surface area contributed by atoms with E-state index in [-0.39, 0.29) is 5.97 Å². The molecule has 0 amide bonds. The fourth-order valence-corrected chi connectivity index (χ4v) is 0.519. The van der Waals surface area contributed by atoms with Gasteiger partial charge < -0.3 is 10.1 Å². The minimum atomic E-state index is -0.337. The summed E-state index contributed by atoms with van der Waals surface area (Å²) in [6.45, 7) is 4.76. The number of hydrogen-bond donors (Lipinski definition) is 1. The zero-order chi connectivity index (χ0) is 7.82. The lowest BCUT2D eigenvalue weighted by molar-refractivity contribution is -0.627. The van der Waals surface area contributed by atoms with Gasteiger partial charge in [0.05, 0.1) is 20.2 Å². The number of carbonyl (C=O) groups excluding carboxylic acids is 1. The molecule has 3 nitrogen and oxygen atoms in total. The summed E-state index contributed by atoms with van der Waals surface area (Å²) in [6, 6.07) is 0. The van der Waals surface area contributed by atoms with Crippen molar-refractivity contribution in [3.8, 4) is 0 Å². The van der Waals surface area contributed by atoms with E-state index >= 15 is 0 Å². The van der Waals surface area contributed by atoms with Gasteiger partial charge in [0, 0.05) is 12.5 Å². The van der Waals surface area contributed by atoms with Crippen LogP contribution in [0.5, 0.6) is 0 Å². The van der Waals surface area contributed by atoms with Crippen LogP contribution in [-0.2, 0) is 9.53 Å². The molecule has 0 aliphatic rings. The van der Waals surface area contributed by atoms with E-state index in [0.717, 1.165) is 13.0 Å². The highest BCUT2D eigenvalue weighted by atomic mass is 16.5. The Kier molecular flexibility index (Phi) is 5.77. The lowest BCUT2D eigenvalue weighted by Gasteiger charge is -1.98. The van der Waals surface area contributed by atoms with E-state index in [0.29, 0.717) is 6.61 Å². The fraction of sp³-hybridized carbons (Fsp3) is 0.571. The number of nitrogens with two attached hydrogens (primary N) is 1. The monoisotopic (exact) mass is 144 g/mol. The molecule has 0 fully saturated rings. The van der Waals surface area contributed by atoms with E-state index in [2.05, 4.69) is 6.58 Å². The Labute approximate surface area is 61.1 Å². The molecule has 0 rings (SSSR count). The van der Waals surface area contributed by atoms with Crippen LogP contribution in [0.25, 0.3) is 0 Å². The number of carbonyl (C=O) groups is 1. The molecular weight excluding hydrogens is 130 g/mol. The smallest absolute Gasteiger partial charge is 0.330 e. The van der Waals surface area contributed by atoms with Crippen molar-refractivity contribution in [2.24, 2.45) is 0 Å². The van der Waals surface area contributed by atoms with Gasteiger partial charge >= 0.3 is 5.97 Å². The Hall–Kier alpha value is -0.830. The van der Waals surface area contributed by atoms with Crippen LogP contribution < -0.4 is 5.32 Å². The zero-order valence-electron chi connectivity index (χ0n) is 6.30. The Balaban J connectivity index is 3.03. The van der Waals surface area contributed by atoms with Crippen LogP contribution in [0.2, 0.25) is 0 Å². The maximum atomic E-state index is 10.4. The molecule has 0 unspecified atom stereocenters. The molecule has 58 valence electrons. The van der Waals surface area contributed by atoms with Gasteiger partial charge in [-0.25, -0.2) is 4.79 Å². The first kappa shape index (κ1) is 9.17. The van der Waals surface area contributed by atoms with Crippen LogP contribution in [0, 0.1) is 0 Å². The number of quaternary nitrogens is 1. The van der Waals surface area contributed by atoms with E-state index in [1.807, 2.05) is 12.4 Å². The summed E-state index contributed by atoms with van der Waals surface area (Å²) in [6.07, 6.45) is 2.08.